The maximum absolute atomic E-state index is 12.9. The Hall–Kier alpha value is -2.11. The van der Waals surface area contributed by atoms with Crippen LogP contribution < -0.4 is 5.32 Å². The Morgan fingerprint density at radius 2 is 1.05 bits per heavy atom. The number of amides is 1. The molecule has 0 aromatic carbocycles. The van der Waals surface area contributed by atoms with Crippen molar-refractivity contribution in [2.45, 2.75) is 224 Å². The van der Waals surface area contributed by atoms with Crippen LogP contribution in [0.1, 0.15) is 181 Å². The van der Waals surface area contributed by atoms with Crippen LogP contribution in [0.4, 0.5) is 0 Å². The Labute approximate surface area is 347 Å². The summed E-state index contributed by atoms with van der Waals surface area (Å²) in [5, 5.41) is 54.0. The Bertz CT molecular complexity index is 1070. The van der Waals surface area contributed by atoms with Crippen molar-refractivity contribution in [3.8, 4) is 0 Å². The molecule has 57 heavy (non-hydrogen) atoms. The van der Waals surface area contributed by atoms with Crippen LogP contribution in [0.5, 0.6) is 0 Å². The van der Waals surface area contributed by atoms with Gasteiger partial charge < -0.3 is 40.3 Å². The molecule has 330 valence electrons. The van der Waals surface area contributed by atoms with E-state index in [-0.39, 0.29) is 12.5 Å². The second kappa shape index (κ2) is 38.1. The van der Waals surface area contributed by atoms with Gasteiger partial charge in [0, 0.05) is 6.42 Å². The van der Waals surface area contributed by atoms with E-state index in [2.05, 4.69) is 67.8 Å². The Morgan fingerprint density at radius 3 is 1.60 bits per heavy atom. The van der Waals surface area contributed by atoms with Gasteiger partial charge in [0.05, 0.1) is 25.4 Å². The van der Waals surface area contributed by atoms with E-state index < -0.39 is 49.5 Å². The van der Waals surface area contributed by atoms with Crippen molar-refractivity contribution in [3.05, 3.63) is 60.8 Å². The summed E-state index contributed by atoms with van der Waals surface area (Å²) in [6.07, 6.45) is 42.7. The summed E-state index contributed by atoms with van der Waals surface area (Å²) in [6, 6.07) is -0.826. The van der Waals surface area contributed by atoms with E-state index in [1.165, 1.54) is 96.3 Å². The third-order valence-electron chi connectivity index (χ3n) is 10.6. The van der Waals surface area contributed by atoms with E-state index in [9.17, 15) is 30.3 Å². The molecule has 0 radical (unpaired) electrons. The fraction of sp³-hybridized carbons (Fsp3) is 0.771. The summed E-state index contributed by atoms with van der Waals surface area (Å²) >= 11 is 0. The van der Waals surface area contributed by atoms with Gasteiger partial charge in [-0.2, -0.15) is 0 Å². The van der Waals surface area contributed by atoms with Gasteiger partial charge in [0.15, 0.2) is 6.29 Å². The molecule has 0 spiro atoms. The van der Waals surface area contributed by atoms with Crippen molar-refractivity contribution in [2.75, 3.05) is 13.2 Å². The van der Waals surface area contributed by atoms with E-state index in [4.69, 9.17) is 9.47 Å². The number of nitrogens with one attached hydrogen (secondary N) is 1. The minimum Gasteiger partial charge on any atom is -0.394 e. The van der Waals surface area contributed by atoms with Crippen LogP contribution in [-0.4, -0.2) is 87.5 Å². The summed E-state index contributed by atoms with van der Waals surface area (Å²) in [7, 11) is 0. The van der Waals surface area contributed by atoms with Gasteiger partial charge in [-0.25, -0.2) is 0 Å². The summed E-state index contributed by atoms with van der Waals surface area (Å²) in [5.41, 5.74) is 0. The predicted octanol–water partition coefficient (Wildman–Crippen LogP) is 9.61. The lowest BCUT2D eigenvalue weighted by Crippen LogP contribution is -2.60. The van der Waals surface area contributed by atoms with Gasteiger partial charge in [0.2, 0.25) is 5.91 Å². The fourth-order valence-corrected chi connectivity index (χ4v) is 6.82. The van der Waals surface area contributed by atoms with E-state index in [0.29, 0.717) is 6.42 Å². The average Bonchev–Trinajstić information content (AvgIpc) is 3.21. The van der Waals surface area contributed by atoms with Crippen LogP contribution in [0, 0.1) is 0 Å². The van der Waals surface area contributed by atoms with E-state index in [0.717, 1.165) is 64.2 Å². The third kappa shape index (κ3) is 28.9. The maximum atomic E-state index is 12.9. The number of ether oxygens (including phenoxy) is 2. The number of rotatable bonds is 37. The van der Waals surface area contributed by atoms with Gasteiger partial charge in [-0.3, -0.25) is 4.79 Å². The first-order valence-corrected chi connectivity index (χ1v) is 23.0. The minimum atomic E-state index is -1.57. The highest BCUT2D eigenvalue weighted by Crippen LogP contribution is 2.22. The first-order chi connectivity index (χ1) is 27.8. The van der Waals surface area contributed by atoms with Crippen LogP contribution >= 0.6 is 0 Å². The van der Waals surface area contributed by atoms with Crippen LogP contribution in [0.25, 0.3) is 0 Å². The van der Waals surface area contributed by atoms with Gasteiger partial charge in [-0.15, -0.1) is 0 Å². The van der Waals surface area contributed by atoms with Crippen molar-refractivity contribution in [1.29, 1.82) is 0 Å². The number of carbonyl (C=O) groups is 1. The van der Waals surface area contributed by atoms with Gasteiger partial charge in [-0.05, 0) is 70.6 Å². The highest BCUT2D eigenvalue weighted by Gasteiger charge is 2.44. The molecule has 9 nitrogen and oxygen atoms in total. The molecule has 1 fully saturated rings. The molecule has 7 atom stereocenters. The van der Waals surface area contributed by atoms with Crippen LogP contribution in [0.3, 0.4) is 0 Å². The molecule has 0 bridgehead atoms. The van der Waals surface area contributed by atoms with Crippen LogP contribution in [-0.2, 0) is 14.3 Å². The van der Waals surface area contributed by atoms with E-state index in [1.54, 1.807) is 6.08 Å². The molecular weight excluding hydrogens is 719 g/mol. The van der Waals surface area contributed by atoms with E-state index >= 15 is 0 Å². The molecular formula is C48H85NO8. The second-order valence-electron chi connectivity index (χ2n) is 15.8. The molecule has 1 heterocycles. The number of carbonyl (C=O) groups excluding carboxylic acids is 1. The van der Waals surface area contributed by atoms with Gasteiger partial charge in [0.25, 0.3) is 0 Å². The number of aliphatic hydroxyl groups is 5. The number of allylic oxidation sites excluding steroid dienone is 9. The molecule has 1 aliphatic rings. The molecule has 0 aromatic heterocycles. The molecule has 0 saturated carbocycles. The molecule has 1 saturated heterocycles. The zero-order chi connectivity index (χ0) is 41.6. The molecule has 1 amide bonds. The molecule has 1 rings (SSSR count). The number of unbranched alkanes of at least 4 members (excludes halogenated alkanes) is 19. The molecule has 0 aromatic rings. The monoisotopic (exact) mass is 804 g/mol. The van der Waals surface area contributed by atoms with Gasteiger partial charge >= 0.3 is 0 Å². The number of hydrogen-bond acceptors (Lipinski definition) is 8. The molecule has 7 unspecified atom stereocenters. The lowest BCUT2D eigenvalue weighted by atomic mass is 9.99. The Balaban J connectivity index is 2.32. The van der Waals surface area contributed by atoms with Crippen molar-refractivity contribution < 1.29 is 39.8 Å². The first kappa shape index (κ1) is 52.9. The summed E-state index contributed by atoms with van der Waals surface area (Å²) in [4.78, 5) is 12.9. The Morgan fingerprint density at radius 1 is 0.596 bits per heavy atom. The zero-order valence-electron chi connectivity index (χ0n) is 36.1. The van der Waals surface area contributed by atoms with Gasteiger partial charge in [0.1, 0.15) is 24.4 Å². The fourth-order valence-electron chi connectivity index (χ4n) is 6.82. The summed E-state index contributed by atoms with van der Waals surface area (Å²) in [5.74, 6) is -0.199. The van der Waals surface area contributed by atoms with Crippen LogP contribution in [0.15, 0.2) is 60.8 Å². The lowest BCUT2D eigenvalue weighted by Gasteiger charge is -2.40. The van der Waals surface area contributed by atoms with Crippen molar-refractivity contribution in [3.63, 3.8) is 0 Å². The smallest absolute Gasteiger partial charge is 0.220 e. The third-order valence-corrected chi connectivity index (χ3v) is 10.6. The SMILES string of the molecule is CCCCCCC/C=C\C/C=C\C/C=C\CCCCCCCCCCC(=O)NC(COC1OC(CO)C(O)C(O)C1O)C(O)/C=C/CC/C=C/CCCCCCC. The largest absolute Gasteiger partial charge is 0.394 e. The lowest BCUT2D eigenvalue weighted by molar-refractivity contribution is -0.302. The second-order valence-corrected chi connectivity index (χ2v) is 15.8. The van der Waals surface area contributed by atoms with Crippen molar-refractivity contribution >= 4 is 5.91 Å². The molecule has 0 aliphatic carbocycles. The van der Waals surface area contributed by atoms with Gasteiger partial charge in [-0.1, -0.05) is 164 Å². The Kier molecular flexibility index (Phi) is 35.4. The number of aliphatic hydroxyl groups excluding tert-OH is 5. The maximum Gasteiger partial charge on any atom is 0.220 e. The predicted molar refractivity (Wildman–Crippen MR) is 235 cm³/mol. The molecule has 6 N–H and O–H groups in total. The quantitative estimate of drug-likeness (QED) is 0.0269. The topological polar surface area (TPSA) is 149 Å². The average molecular weight is 804 g/mol. The number of hydrogen-bond donors (Lipinski definition) is 6. The zero-order valence-corrected chi connectivity index (χ0v) is 36.1. The van der Waals surface area contributed by atoms with Crippen molar-refractivity contribution in [1.82, 2.24) is 5.32 Å². The van der Waals surface area contributed by atoms with Crippen molar-refractivity contribution in [2.24, 2.45) is 0 Å². The minimum absolute atomic E-state index is 0.199. The molecule has 1 aliphatic heterocycles. The normalized spacial score (nSPS) is 21.6. The summed E-state index contributed by atoms with van der Waals surface area (Å²) < 4.78 is 11.2. The molecule has 9 heteroatoms. The highest BCUT2D eigenvalue weighted by atomic mass is 16.7. The standard InChI is InChI=1S/C48H85NO8/c1-3-5-7-9-11-13-15-16-17-18-19-20-21-22-23-24-25-26-28-30-32-34-36-38-44(52)49-41(40-56-48-47(55)46(54)45(53)43(39-50)57-48)42(51)37-35-33-31-29-27-14-12-10-8-6-4-2/h15-16,18-19,21-22,27,29,35,37,41-43,45-48,50-51,53-55H,3-14,17,20,23-26,28,30-34,36,38-40H2,1-2H3,(H,49,52)/b16-15-,19-18-,22-21-,29-27+,37-35+. The van der Waals surface area contributed by atoms with Crippen LogP contribution in [0.2, 0.25) is 0 Å². The van der Waals surface area contributed by atoms with E-state index in [1.807, 2.05) is 6.08 Å². The highest BCUT2D eigenvalue weighted by molar-refractivity contribution is 5.76. The first-order valence-electron chi connectivity index (χ1n) is 23.0. The summed E-state index contributed by atoms with van der Waals surface area (Å²) in [6.45, 7) is 3.70.